The van der Waals surface area contributed by atoms with Crippen LogP contribution in [0.3, 0.4) is 0 Å². The minimum atomic E-state index is 0.327. The molecule has 0 radical (unpaired) electrons. The van der Waals surface area contributed by atoms with Gasteiger partial charge in [0.25, 0.3) is 0 Å². The van der Waals surface area contributed by atoms with Gasteiger partial charge in [0.1, 0.15) is 5.82 Å². The molecule has 1 saturated carbocycles. The maximum Gasteiger partial charge on any atom is 0.222 e. The van der Waals surface area contributed by atoms with Crippen LogP contribution < -0.4 is 16.4 Å². The molecule has 0 aromatic carbocycles. The molecule has 0 spiro atoms. The average molecular weight is 349 g/mol. The minimum absolute atomic E-state index is 0.327. The fourth-order valence-electron chi connectivity index (χ4n) is 4.15. The van der Waals surface area contributed by atoms with Gasteiger partial charge < -0.3 is 16.4 Å². The molecule has 4 N–H and O–H groups in total. The lowest BCUT2D eigenvalue weighted by Crippen LogP contribution is -2.48. The van der Waals surface area contributed by atoms with Crippen LogP contribution >= 0.6 is 11.8 Å². The van der Waals surface area contributed by atoms with E-state index >= 15 is 0 Å². The fourth-order valence-corrected chi connectivity index (χ4v) is 5.08. The molecule has 3 fully saturated rings. The van der Waals surface area contributed by atoms with Crippen LogP contribution in [0, 0.1) is 0 Å². The van der Waals surface area contributed by atoms with Gasteiger partial charge in [-0.05, 0) is 25.7 Å². The molecular weight excluding hydrogens is 320 g/mol. The van der Waals surface area contributed by atoms with Crippen molar-refractivity contribution in [2.24, 2.45) is 5.73 Å². The standard InChI is InChI=1S/C17H28N6S/c18-13-9-12(10-13)15-11-16(21-17(19)20-15)23-3-1-14(2-4-23)22-5-7-24-8-6-22/h11-14H,1-10,18H2,(H2,19,20,21). The maximum atomic E-state index is 5.97. The topological polar surface area (TPSA) is 84.3 Å². The Bertz CT molecular complexity index is 562. The van der Waals surface area contributed by atoms with E-state index < -0.39 is 0 Å². The highest BCUT2D eigenvalue weighted by Crippen LogP contribution is 2.36. The van der Waals surface area contributed by atoms with Crippen LogP contribution in [0.5, 0.6) is 0 Å². The van der Waals surface area contributed by atoms with Crippen LogP contribution in [-0.2, 0) is 0 Å². The second kappa shape index (κ2) is 7.06. The predicted octanol–water partition coefficient (Wildman–Crippen LogP) is 1.28. The Morgan fingerprint density at radius 1 is 1.04 bits per heavy atom. The molecule has 0 unspecified atom stereocenters. The summed E-state index contributed by atoms with van der Waals surface area (Å²) in [6.07, 6.45) is 4.48. The van der Waals surface area contributed by atoms with Crippen molar-refractivity contribution in [3.8, 4) is 0 Å². The monoisotopic (exact) mass is 348 g/mol. The van der Waals surface area contributed by atoms with Crippen molar-refractivity contribution in [2.75, 3.05) is 48.3 Å². The summed E-state index contributed by atoms with van der Waals surface area (Å²) >= 11 is 2.08. The zero-order valence-corrected chi connectivity index (χ0v) is 15.0. The molecular formula is C17H28N6S. The molecule has 24 heavy (non-hydrogen) atoms. The van der Waals surface area contributed by atoms with Crippen molar-refractivity contribution in [3.05, 3.63) is 11.8 Å². The van der Waals surface area contributed by atoms with Crippen molar-refractivity contribution in [2.45, 2.75) is 43.7 Å². The molecule has 3 heterocycles. The number of hydrogen-bond donors (Lipinski definition) is 2. The average Bonchev–Trinajstić information content (AvgIpc) is 2.59. The van der Waals surface area contributed by atoms with Crippen molar-refractivity contribution in [3.63, 3.8) is 0 Å². The van der Waals surface area contributed by atoms with Crippen LogP contribution in [0.15, 0.2) is 6.07 Å². The third kappa shape index (κ3) is 3.48. The highest BCUT2D eigenvalue weighted by molar-refractivity contribution is 7.99. The molecule has 132 valence electrons. The van der Waals surface area contributed by atoms with E-state index in [0.717, 1.165) is 43.5 Å². The van der Waals surface area contributed by atoms with Gasteiger partial charge in [-0.25, -0.2) is 4.98 Å². The van der Waals surface area contributed by atoms with E-state index in [0.29, 0.717) is 17.9 Å². The molecule has 6 nitrogen and oxygen atoms in total. The summed E-state index contributed by atoms with van der Waals surface area (Å²) in [5, 5.41) is 0. The van der Waals surface area contributed by atoms with Gasteiger partial charge in [0.15, 0.2) is 0 Å². The first kappa shape index (κ1) is 16.4. The van der Waals surface area contributed by atoms with E-state index in [1.165, 1.54) is 37.4 Å². The number of nitrogens with zero attached hydrogens (tertiary/aromatic N) is 4. The maximum absolute atomic E-state index is 5.97. The largest absolute Gasteiger partial charge is 0.368 e. The summed E-state index contributed by atoms with van der Waals surface area (Å²) in [4.78, 5) is 14.0. The van der Waals surface area contributed by atoms with Gasteiger partial charge in [0, 0.05) is 61.8 Å². The highest BCUT2D eigenvalue weighted by Gasteiger charge is 2.30. The number of thioether (sulfide) groups is 1. The number of piperidine rings is 1. The first-order valence-electron chi connectivity index (χ1n) is 9.16. The van der Waals surface area contributed by atoms with Gasteiger partial charge in [0.2, 0.25) is 5.95 Å². The van der Waals surface area contributed by atoms with Crippen molar-refractivity contribution >= 4 is 23.5 Å². The lowest BCUT2D eigenvalue weighted by molar-refractivity contribution is 0.185. The molecule has 0 atom stereocenters. The SMILES string of the molecule is Nc1nc(C2CC(N)C2)cc(N2CCC(N3CCSCC3)CC2)n1. The Balaban J connectivity index is 1.40. The first-order valence-corrected chi connectivity index (χ1v) is 10.3. The molecule has 1 aromatic rings. The zero-order chi connectivity index (χ0) is 16.5. The summed E-state index contributed by atoms with van der Waals surface area (Å²) in [6.45, 7) is 4.63. The number of rotatable bonds is 3. The Labute approximate surface area is 148 Å². The Kier molecular flexibility index (Phi) is 4.83. The van der Waals surface area contributed by atoms with Gasteiger partial charge in [0.05, 0.1) is 5.69 Å². The molecule has 4 rings (SSSR count). The van der Waals surface area contributed by atoms with E-state index in [-0.39, 0.29) is 0 Å². The Hall–Kier alpha value is -1.05. The number of nitrogens with two attached hydrogens (primary N) is 2. The zero-order valence-electron chi connectivity index (χ0n) is 14.2. The summed E-state index contributed by atoms with van der Waals surface area (Å²) in [5.41, 5.74) is 13.0. The third-order valence-corrected chi connectivity index (χ3v) is 6.64. The minimum Gasteiger partial charge on any atom is -0.368 e. The van der Waals surface area contributed by atoms with Crippen LogP contribution in [-0.4, -0.2) is 64.6 Å². The lowest BCUT2D eigenvalue weighted by Gasteiger charge is -2.40. The van der Waals surface area contributed by atoms with Crippen LogP contribution in [0.1, 0.15) is 37.3 Å². The van der Waals surface area contributed by atoms with Gasteiger partial charge >= 0.3 is 0 Å². The third-order valence-electron chi connectivity index (χ3n) is 5.69. The van der Waals surface area contributed by atoms with E-state index in [1.807, 2.05) is 0 Å². The molecule has 1 aliphatic carbocycles. The van der Waals surface area contributed by atoms with Crippen LogP contribution in [0.25, 0.3) is 0 Å². The van der Waals surface area contributed by atoms with E-state index in [1.54, 1.807) is 0 Å². The summed E-state index contributed by atoms with van der Waals surface area (Å²) in [6, 6.07) is 3.21. The van der Waals surface area contributed by atoms with E-state index in [2.05, 4.69) is 37.6 Å². The van der Waals surface area contributed by atoms with Crippen molar-refractivity contribution < 1.29 is 0 Å². The van der Waals surface area contributed by atoms with E-state index in [4.69, 9.17) is 11.5 Å². The van der Waals surface area contributed by atoms with Crippen molar-refractivity contribution in [1.82, 2.24) is 14.9 Å². The molecule has 2 saturated heterocycles. The molecule has 0 amide bonds. The quantitative estimate of drug-likeness (QED) is 0.851. The molecule has 2 aliphatic heterocycles. The number of nitrogen functional groups attached to an aromatic ring is 1. The molecule has 7 heteroatoms. The van der Waals surface area contributed by atoms with Crippen LogP contribution in [0.4, 0.5) is 11.8 Å². The lowest BCUT2D eigenvalue weighted by atomic mass is 9.78. The van der Waals surface area contributed by atoms with Gasteiger partial charge in [-0.15, -0.1) is 0 Å². The summed E-state index contributed by atoms with van der Waals surface area (Å²) in [5.74, 6) is 4.45. The normalized spacial score (nSPS) is 29.5. The van der Waals surface area contributed by atoms with Crippen LogP contribution in [0.2, 0.25) is 0 Å². The highest BCUT2D eigenvalue weighted by atomic mass is 32.2. The Morgan fingerprint density at radius 2 is 1.75 bits per heavy atom. The molecule has 0 bridgehead atoms. The fraction of sp³-hybridized carbons (Fsp3) is 0.765. The molecule has 3 aliphatic rings. The second-order valence-electron chi connectivity index (χ2n) is 7.30. The summed E-state index contributed by atoms with van der Waals surface area (Å²) < 4.78 is 0. The van der Waals surface area contributed by atoms with Gasteiger partial charge in [-0.1, -0.05) is 0 Å². The first-order chi connectivity index (χ1) is 11.7. The number of aromatic nitrogens is 2. The predicted molar refractivity (Wildman–Crippen MR) is 101 cm³/mol. The van der Waals surface area contributed by atoms with Gasteiger partial charge in [-0.3, -0.25) is 4.90 Å². The summed E-state index contributed by atoms with van der Waals surface area (Å²) in [7, 11) is 0. The van der Waals surface area contributed by atoms with Crippen molar-refractivity contribution in [1.29, 1.82) is 0 Å². The van der Waals surface area contributed by atoms with Gasteiger partial charge in [-0.2, -0.15) is 16.7 Å². The number of hydrogen-bond acceptors (Lipinski definition) is 7. The smallest absolute Gasteiger partial charge is 0.222 e. The molecule has 1 aromatic heterocycles. The second-order valence-corrected chi connectivity index (χ2v) is 8.53. The Morgan fingerprint density at radius 3 is 2.42 bits per heavy atom. The number of anilines is 2. The van der Waals surface area contributed by atoms with E-state index in [9.17, 15) is 0 Å².